The van der Waals surface area contributed by atoms with Crippen molar-refractivity contribution >= 4 is 21.7 Å². The van der Waals surface area contributed by atoms with E-state index in [1.807, 2.05) is 6.07 Å². The molecule has 20 heavy (non-hydrogen) atoms. The number of rotatable bonds is 7. The first-order valence-electron chi connectivity index (χ1n) is 7.38. The van der Waals surface area contributed by atoms with E-state index in [1.165, 1.54) is 0 Å². The van der Waals surface area contributed by atoms with Gasteiger partial charge in [0.1, 0.15) is 16.2 Å². The molecule has 4 nitrogen and oxygen atoms in total. The minimum atomic E-state index is -0.0402. The van der Waals surface area contributed by atoms with E-state index in [0.29, 0.717) is 0 Å². The molecule has 0 saturated heterocycles. The fourth-order valence-electron chi connectivity index (χ4n) is 1.90. The van der Waals surface area contributed by atoms with Crippen molar-refractivity contribution in [2.45, 2.75) is 46.5 Å². The molecule has 1 N–H and O–H groups in total. The lowest BCUT2D eigenvalue weighted by atomic mass is 9.96. The highest BCUT2D eigenvalue weighted by atomic mass is 79.9. The summed E-state index contributed by atoms with van der Waals surface area (Å²) in [5.41, 5.74) is -0.0402. The zero-order chi connectivity index (χ0) is 15.2. The molecule has 0 radical (unpaired) electrons. The molecule has 114 valence electrons. The predicted molar refractivity (Wildman–Crippen MR) is 89.3 cm³/mol. The number of anilines is 1. The van der Waals surface area contributed by atoms with Crippen LogP contribution in [-0.4, -0.2) is 41.0 Å². The molecule has 1 rings (SSSR count). The minimum absolute atomic E-state index is 0.0402. The van der Waals surface area contributed by atoms with Crippen molar-refractivity contribution in [2.24, 2.45) is 0 Å². The van der Waals surface area contributed by atoms with Crippen LogP contribution in [0.2, 0.25) is 0 Å². The Labute approximate surface area is 131 Å². The van der Waals surface area contributed by atoms with Crippen LogP contribution in [0.4, 0.5) is 5.82 Å². The van der Waals surface area contributed by atoms with E-state index in [-0.39, 0.29) is 5.41 Å². The van der Waals surface area contributed by atoms with Crippen LogP contribution in [0.1, 0.15) is 46.9 Å². The largest absolute Gasteiger partial charge is 0.370 e. The smallest absolute Gasteiger partial charge is 0.137 e. The van der Waals surface area contributed by atoms with Gasteiger partial charge in [-0.05, 0) is 42.0 Å². The van der Waals surface area contributed by atoms with Gasteiger partial charge in [-0.25, -0.2) is 9.97 Å². The van der Waals surface area contributed by atoms with Crippen LogP contribution >= 0.6 is 15.9 Å². The van der Waals surface area contributed by atoms with Gasteiger partial charge in [-0.15, -0.1) is 0 Å². The summed E-state index contributed by atoms with van der Waals surface area (Å²) in [6.45, 7) is 15.1. The van der Waals surface area contributed by atoms with Gasteiger partial charge in [0.2, 0.25) is 0 Å². The Hall–Kier alpha value is -0.680. The van der Waals surface area contributed by atoms with E-state index in [2.05, 4.69) is 70.7 Å². The highest BCUT2D eigenvalue weighted by Crippen LogP contribution is 2.22. The van der Waals surface area contributed by atoms with Crippen molar-refractivity contribution in [1.29, 1.82) is 0 Å². The molecule has 0 amide bonds. The zero-order valence-electron chi connectivity index (χ0n) is 13.3. The molecule has 0 aromatic carbocycles. The molecule has 0 fully saturated rings. The van der Waals surface area contributed by atoms with Gasteiger partial charge in [-0.3, -0.25) is 0 Å². The number of hydrogen-bond donors (Lipinski definition) is 1. The van der Waals surface area contributed by atoms with E-state index in [4.69, 9.17) is 0 Å². The summed E-state index contributed by atoms with van der Waals surface area (Å²) in [6.07, 6.45) is 1.12. The quantitative estimate of drug-likeness (QED) is 0.606. The summed E-state index contributed by atoms with van der Waals surface area (Å²) in [4.78, 5) is 11.5. The fourth-order valence-corrected chi connectivity index (χ4v) is 2.29. The summed E-state index contributed by atoms with van der Waals surface area (Å²) in [7, 11) is 0. The Kier molecular flexibility index (Phi) is 6.89. The number of aromatic nitrogens is 2. The molecule has 0 aliphatic carbocycles. The fraction of sp³-hybridized carbons (Fsp3) is 0.733. The van der Waals surface area contributed by atoms with Crippen molar-refractivity contribution in [3.63, 3.8) is 0 Å². The van der Waals surface area contributed by atoms with Gasteiger partial charge < -0.3 is 10.2 Å². The van der Waals surface area contributed by atoms with Gasteiger partial charge >= 0.3 is 0 Å². The SMILES string of the molecule is CCN(CC)CCCNc1cc(Br)nc(C(C)(C)C)n1. The van der Waals surface area contributed by atoms with Gasteiger partial charge in [-0.2, -0.15) is 0 Å². The molecule has 0 aliphatic rings. The van der Waals surface area contributed by atoms with Crippen LogP contribution in [0.25, 0.3) is 0 Å². The zero-order valence-corrected chi connectivity index (χ0v) is 14.9. The lowest BCUT2D eigenvalue weighted by molar-refractivity contribution is 0.303. The van der Waals surface area contributed by atoms with Crippen LogP contribution in [0.3, 0.4) is 0 Å². The van der Waals surface area contributed by atoms with Crippen LogP contribution in [0.5, 0.6) is 0 Å². The molecule has 1 aromatic heterocycles. The van der Waals surface area contributed by atoms with E-state index in [0.717, 1.165) is 48.8 Å². The monoisotopic (exact) mass is 342 g/mol. The summed E-state index contributed by atoms with van der Waals surface area (Å²) >= 11 is 3.46. The van der Waals surface area contributed by atoms with Crippen molar-refractivity contribution in [2.75, 3.05) is 31.5 Å². The topological polar surface area (TPSA) is 41.0 Å². The molecule has 0 aliphatic heterocycles. The number of nitrogens with zero attached hydrogens (tertiary/aromatic N) is 3. The van der Waals surface area contributed by atoms with Gasteiger partial charge in [0.25, 0.3) is 0 Å². The number of nitrogens with one attached hydrogen (secondary N) is 1. The van der Waals surface area contributed by atoms with Crippen LogP contribution in [-0.2, 0) is 5.41 Å². The highest BCUT2D eigenvalue weighted by molar-refractivity contribution is 9.10. The van der Waals surface area contributed by atoms with E-state index < -0.39 is 0 Å². The number of halogens is 1. The molecule has 5 heteroatoms. The summed E-state index contributed by atoms with van der Waals surface area (Å²) < 4.78 is 0.837. The Morgan fingerprint density at radius 3 is 2.40 bits per heavy atom. The Morgan fingerprint density at radius 2 is 1.85 bits per heavy atom. The standard InChI is InChI=1S/C15H27BrN4/c1-6-20(7-2)10-8-9-17-13-11-12(16)18-14(19-13)15(3,4)5/h11H,6-10H2,1-5H3,(H,17,18,19). The van der Waals surface area contributed by atoms with E-state index >= 15 is 0 Å². The molecular weight excluding hydrogens is 316 g/mol. The maximum absolute atomic E-state index is 4.60. The summed E-state index contributed by atoms with van der Waals surface area (Å²) in [6, 6.07) is 1.94. The molecule has 0 atom stereocenters. The van der Waals surface area contributed by atoms with E-state index in [9.17, 15) is 0 Å². The molecule has 0 spiro atoms. The Bertz CT molecular complexity index is 411. The lowest BCUT2D eigenvalue weighted by Gasteiger charge is -2.19. The van der Waals surface area contributed by atoms with Crippen LogP contribution < -0.4 is 5.32 Å². The molecule has 1 aromatic rings. The normalized spacial score (nSPS) is 11.9. The second-order valence-electron chi connectivity index (χ2n) is 5.96. The summed E-state index contributed by atoms with van der Waals surface area (Å²) in [5.74, 6) is 1.76. The van der Waals surface area contributed by atoms with Gasteiger partial charge in [-0.1, -0.05) is 34.6 Å². The van der Waals surface area contributed by atoms with Gasteiger partial charge in [0.05, 0.1) is 0 Å². The van der Waals surface area contributed by atoms with Crippen molar-refractivity contribution in [1.82, 2.24) is 14.9 Å². The van der Waals surface area contributed by atoms with Crippen LogP contribution in [0.15, 0.2) is 10.7 Å². The number of hydrogen-bond acceptors (Lipinski definition) is 4. The molecule has 0 bridgehead atoms. The first kappa shape index (κ1) is 17.4. The van der Waals surface area contributed by atoms with Crippen molar-refractivity contribution < 1.29 is 0 Å². The van der Waals surface area contributed by atoms with Gasteiger partial charge in [0.15, 0.2) is 0 Å². The molecule has 1 heterocycles. The van der Waals surface area contributed by atoms with E-state index in [1.54, 1.807) is 0 Å². The van der Waals surface area contributed by atoms with Crippen LogP contribution in [0, 0.1) is 0 Å². The maximum atomic E-state index is 4.60. The average molecular weight is 343 g/mol. The Morgan fingerprint density at radius 1 is 1.20 bits per heavy atom. The average Bonchev–Trinajstić information content (AvgIpc) is 2.37. The van der Waals surface area contributed by atoms with Crippen molar-refractivity contribution in [3.8, 4) is 0 Å². The Balaban J connectivity index is 2.54. The lowest BCUT2D eigenvalue weighted by Crippen LogP contribution is -2.25. The third kappa shape index (κ3) is 5.75. The molecule has 0 saturated carbocycles. The second kappa shape index (κ2) is 7.93. The predicted octanol–water partition coefficient (Wildman–Crippen LogP) is 3.68. The second-order valence-corrected chi connectivity index (χ2v) is 6.77. The first-order valence-corrected chi connectivity index (χ1v) is 8.17. The third-order valence-corrected chi connectivity index (χ3v) is 3.62. The maximum Gasteiger partial charge on any atom is 0.137 e. The minimum Gasteiger partial charge on any atom is -0.370 e. The third-order valence-electron chi connectivity index (χ3n) is 3.22. The molecule has 0 unspecified atom stereocenters. The highest BCUT2D eigenvalue weighted by Gasteiger charge is 2.18. The van der Waals surface area contributed by atoms with Gasteiger partial charge in [0, 0.05) is 18.0 Å². The molecular formula is C15H27BrN4. The summed E-state index contributed by atoms with van der Waals surface area (Å²) in [5, 5.41) is 3.39. The first-order chi connectivity index (χ1) is 9.36. The van der Waals surface area contributed by atoms with Crippen molar-refractivity contribution in [3.05, 3.63) is 16.5 Å².